The molecule has 0 amide bonds. The summed E-state index contributed by atoms with van der Waals surface area (Å²) in [6.07, 6.45) is 12.1. The molecule has 0 aromatic heterocycles. The molecule has 0 bridgehead atoms. The minimum absolute atomic E-state index is 0.262. The van der Waals surface area contributed by atoms with Crippen LogP contribution in [0.3, 0.4) is 0 Å². The van der Waals surface area contributed by atoms with Gasteiger partial charge in [0, 0.05) is 34.6 Å². The molecule has 0 spiro atoms. The van der Waals surface area contributed by atoms with Crippen LogP contribution >= 0.6 is 11.8 Å². The first-order chi connectivity index (χ1) is 13.7. The molecule has 0 saturated heterocycles. The van der Waals surface area contributed by atoms with E-state index in [4.69, 9.17) is 10.7 Å². The van der Waals surface area contributed by atoms with Crippen molar-refractivity contribution in [2.24, 2.45) is 5.92 Å². The van der Waals surface area contributed by atoms with Gasteiger partial charge in [0.2, 0.25) is 0 Å². The molecule has 0 radical (unpaired) electrons. The summed E-state index contributed by atoms with van der Waals surface area (Å²) in [5, 5.41) is 23.2. The zero-order valence-electron chi connectivity index (χ0n) is 16.8. The molecule has 1 unspecified atom stereocenters. The molecule has 28 heavy (non-hydrogen) atoms. The zero-order chi connectivity index (χ0) is 20.2. The van der Waals surface area contributed by atoms with Gasteiger partial charge in [-0.2, -0.15) is 5.26 Å². The molecule has 2 rings (SSSR count). The lowest BCUT2D eigenvalue weighted by Crippen LogP contribution is -2.43. The summed E-state index contributed by atoms with van der Waals surface area (Å²) in [6.45, 7) is 7.68. The standard InChI is InChI=1S/C23H32N4S/c1-3-6-21(18-25)27-16-12-20(11-15-26-4-2)23(13-5-14-23)28-22-9-7-19(17-24)8-10-22/h4,6-10,18,20,25-27H,2-3,5,11-16H2,1H3/b21-6+,25-18?. The van der Waals surface area contributed by atoms with Gasteiger partial charge >= 0.3 is 0 Å². The first-order valence-electron chi connectivity index (χ1n) is 10.2. The van der Waals surface area contributed by atoms with E-state index < -0.39 is 0 Å². The van der Waals surface area contributed by atoms with Crippen LogP contribution in [0.1, 0.15) is 51.0 Å². The van der Waals surface area contributed by atoms with Gasteiger partial charge in [-0.05, 0) is 68.5 Å². The maximum Gasteiger partial charge on any atom is 0.0991 e. The highest BCUT2D eigenvalue weighted by molar-refractivity contribution is 8.00. The summed E-state index contributed by atoms with van der Waals surface area (Å²) in [4.78, 5) is 1.25. The van der Waals surface area contributed by atoms with Crippen LogP contribution in [0.15, 0.2) is 53.7 Å². The number of allylic oxidation sites excluding steroid dienone is 2. The van der Waals surface area contributed by atoms with E-state index in [-0.39, 0.29) is 4.75 Å². The maximum atomic E-state index is 9.03. The molecule has 1 aromatic carbocycles. The first kappa shape index (κ1) is 22.1. The van der Waals surface area contributed by atoms with Gasteiger partial charge in [-0.1, -0.05) is 26.0 Å². The van der Waals surface area contributed by atoms with E-state index in [1.165, 1.54) is 30.4 Å². The molecular formula is C23H32N4S. The molecule has 4 nitrogen and oxygen atoms in total. The van der Waals surface area contributed by atoms with Crippen LogP contribution in [0.4, 0.5) is 0 Å². The number of thioether (sulfide) groups is 1. The average Bonchev–Trinajstić information content (AvgIpc) is 2.69. The highest BCUT2D eigenvalue weighted by atomic mass is 32.2. The summed E-state index contributed by atoms with van der Waals surface area (Å²) in [5.41, 5.74) is 1.62. The van der Waals surface area contributed by atoms with E-state index >= 15 is 0 Å². The third kappa shape index (κ3) is 6.17. The summed E-state index contributed by atoms with van der Waals surface area (Å²) in [7, 11) is 0. The number of nitrogens with one attached hydrogen (secondary N) is 3. The summed E-state index contributed by atoms with van der Waals surface area (Å²) < 4.78 is 0.262. The predicted molar refractivity (Wildman–Crippen MR) is 120 cm³/mol. The largest absolute Gasteiger partial charge is 0.391 e. The van der Waals surface area contributed by atoms with E-state index in [0.717, 1.165) is 38.0 Å². The number of hydrogen-bond acceptors (Lipinski definition) is 5. The molecular weight excluding hydrogens is 364 g/mol. The Morgan fingerprint density at radius 2 is 2.04 bits per heavy atom. The molecule has 0 heterocycles. The Bertz CT molecular complexity index is 698. The van der Waals surface area contributed by atoms with Gasteiger partial charge in [0.05, 0.1) is 11.6 Å². The third-order valence-electron chi connectivity index (χ3n) is 5.43. The van der Waals surface area contributed by atoms with Crippen LogP contribution in [0, 0.1) is 22.7 Å². The van der Waals surface area contributed by atoms with E-state index in [9.17, 15) is 0 Å². The third-order valence-corrected chi connectivity index (χ3v) is 7.09. The van der Waals surface area contributed by atoms with Gasteiger partial charge in [-0.15, -0.1) is 11.8 Å². The van der Waals surface area contributed by atoms with E-state index in [1.807, 2.05) is 23.9 Å². The fourth-order valence-corrected chi connectivity index (χ4v) is 5.41. The lowest BCUT2D eigenvalue weighted by molar-refractivity contribution is 0.225. The van der Waals surface area contributed by atoms with Gasteiger partial charge in [0.25, 0.3) is 0 Å². The van der Waals surface area contributed by atoms with Gasteiger partial charge in [-0.25, -0.2) is 0 Å². The highest BCUT2D eigenvalue weighted by Gasteiger charge is 2.44. The Balaban J connectivity index is 2.06. The monoisotopic (exact) mass is 396 g/mol. The Hall–Kier alpha value is -2.19. The van der Waals surface area contributed by atoms with Crippen LogP contribution < -0.4 is 10.6 Å². The van der Waals surface area contributed by atoms with E-state index in [0.29, 0.717) is 11.5 Å². The lowest BCUT2D eigenvalue weighted by Gasteiger charge is -2.48. The minimum atomic E-state index is 0.262. The normalized spacial score (nSPS) is 16.4. The van der Waals surface area contributed by atoms with Gasteiger partial charge in [0.15, 0.2) is 0 Å². The minimum Gasteiger partial charge on any atom is -0.391 e. The van der Waals surface area contributed by atoms with Crippen LogP contribution in [0.25, 0.3) is 0 Å². The predicted octanol–water partition coefficient (Wildman–Crippen LogP) is 5.24. The molecule has 3 N–H and O–H groups in total. The first-order valence-corrected chi connectivity index (χ1v) is 11.0. The van der Waals surface area contributed by atoms with E-state index in [2.05, 4.69) is 48.4 Å². The summed E-state index contributed by atoms with van der Waals surface area (Å²) in [5.74, 6) is 0.579. The topological polar surface area (TPSA) is 71.7 Å². The van der Waals surface area contributed by atoms with Crippen molar-refractivity contribution in [2.75, 3.05) is 13.1 Å². The van der Waals surface area contributed by atoms with Crippen LogP contribution in [-0.2, 0) is 0 Å². The van der Waals surface area contributed by atoms with Crippen molar-refractivity contribution in [1.29, 1.82) is 10.7 Å². The lowest BCUT2D eigenvalue weighted by atomic mass is 9.72. The molecule has 1 aromatic rings. The number of nitrogens with zero attached hydrogens (tertiary/aromatic N) is 1. The van der Waals surface area contributed by atoms with Crippen molar-refractivity contribution >= 4 is 18.0 Å². The molecule has 1 atom stereocenters. The molecule has 1 aliphatic carbocycles. The van der Waals surface area contributed by atoms with Crippen molar-refractivity contribution in [3.8, 4) is 6.07 Å². The number of hydrogen-bond donors (Lipinski definition) is 3. The van der Waals surface area contributed by atoms with Crippen LogP contribution in [0.2, 0.25) is 0 Å². The fraction of sp³-hybridized carbons (Fsp3) is 0.478. The number of benzene rings is 1. The Morgan fingerprint density at radius 1 is 1.32 bits per heavy atom. The van der Waals surface area contributed by atoms with Crippen molar-refractivity contribution < 1.29 is 0 Å². The second-order valence-electron chi connectivity index (χ2n) is 7.23. The molecule has 0 aliphatic heterocycles. The zero-order valence-corrected chi connectivity index (χ0v) is 17.7. The summed E-state index contributed by atoms with van der Waals surface area (Å²) >= 11 is 1.99. The SMILES string of the molecule is C=CNCCC(CCN/C(C=N)=C/CC)C1(Sc2ccc(C#N)cc2)CCC1. The Kier molecular flexibility index (Phi) is 9.16. The van der Waals surface area contributed by atoms with Crippen molar-refractivity contribution in [3.05, 3.63) is 54.4 Å². The number of rotatable bonds is 13. The molecule has 5 heteroatoms. The van der Waals surface area contributed by atoms with Crippen LogP contribution in [-0.4, -0.2) is 24.1 Å². The van der Waals surface area contributed by atoms with Gasteiger partial charge in [-0.3, -0.25) is 0 Å². The molecule has 1 fully saturated rings. The highest BCUT2D eigenvalue weighted by Crippen LogP contribution is 2.54. The maximum absolute atomic E-state index is 9.03. The smallest absolute Gasteiger partial charge is 0.0991 e. The van der Waals surface area contributed by atoms with Crippen LogP contribution in [0.5, 0.6) is 0 Å². The van der Waals surface area contributed by atoms with Crippen molar-refractivity contribution in [1.82, 2.24) is 10.6 Å². The van der Waals surface area contributed by atoms with Crippen molar-refractivity contribution in [2.45, 2.75) is 55.1 Å². The van der Waals surface area contributed by atoms with Gasteiger partial charge < -0.3 is 16.0 Å². The van der Waals surface area contributed by atoms with Gasteiger partial charge in [0.1, 0.15) is 0 Å². The fourth-order valence-electron chi connectivity index (χ4n) is 3.77. The second-order valence-corrected chi connectivity index (χ2v) is 8.72. The number of nitriles is 1. The molecule has 1 aliphatic rings. The Labute approximate surface area is 174 Å². The second kappa shape index (κ2) is 11.6. The molecule has 1 saturated carbocycles. The Morgan fingerprint density at radius 3 is 2.57 bits per heavy atom. The van der Waals surface area contributed by atoms with E-state index in [1.54, 1.807) is 6.20 Å². The average molecular weight is 397 g/mol. The molecule has 150 valence electrons. The quantitative estimate of drug-likeness (QED) is 0.315. The summed E-state index contributed by atoms with van der Waals surface area (Å²) in [6, 6.07) is 10.2. The van der Waals surface area contributed by atoms with Crippen molar-refractivity contribution in [3.63, 3.8) is 0 Å².